The van der Waals surface area contributed by atoms with Crippen LogP contribution in [-0.4, -0.2) is 25.7 Å². The van der Waals surface area contributed by atoms with Gasteiger partial charge in [0.05, 0.1) is 16.8 Å². The molecule has 0 aliphatic heterocycles. The molecular weight excluding hydrogens is 390 g/mol. The van der Waals surface area contributed by atoms with Gasteiger partial charge >= 0.3 is 0 Å². The molecule has 2 aromatic carbocycles. The van der Waals surface area contributed by atoms with Crippen LogP contribution in [-0.2, 0) is 17.9 Å². The van der Waals surface area contributed by atoms with Crippen molar-refractivity contribution in [2.45, 2.75) is 26.4 Å². The molecule has 142 valence electrons. The molecule has 0 saturated carbocycles. The van der Waals surface area contributed by atoms with Gasteiger partial charge in [-0.05, 0) is 37.3 Å². The molecule has 0 aliphatic carbocycles. The van der Waals surface area contributed by atoms with E-state index in [2.05, 4.69) is 26.6 Å². The van der Waals surface area contributed by atoms with Gasteiger partial charge in [0, 0.05) is 18.5 Å². The first-order chi connectivity index (χ1) is 13.6. The highest BCUT2D eigenvalue weighted by Gasteiger charge is 2.11. The van der Waals surface area contributed by atoms with Crippen LogP contribution in [0.4, 0.5) is 0 Å². The Morgan fingerprint density at radius 1 is 1.25 bits per heavy atom. The number of carbonyl (C=O) groups is 1. The van der Waals surface area contributed by atoms with Gasteiger partial charge < -0.3 is 5.32 Å². The molecule has 0 aliphatic rings. The number of hydrogen-bond donors (Lipinski definition) is 2. The zero-order chi connectivity index (χ0) is 19.5. The van der Waals surface area contributed by atoms with E-state index in [0.29, 0.717) is 24.3 Å². The van der Waals surface area contributed by atoms with E-state index in [1.807, 2.05) is 54.0 Å². The Labute approximate surface area is 171 Å². The zero-order valence-electron chi connectivity index (χ0n) is 15.3. The van der Waals surface area contributed by atoms with Crippen molar-refractivity contribution in [3.63, 3.8) is 0 Å². The first kappa shape index (κ1) is 18.5. The lowest BCUT2D eigenvalue weighted by Crippen LogP contribution is -2.24. The number of fused-ring (bicyclic) bond motifs is 1. The average molecular weight is 410 g/mol. The second-order valence-corrected chi connectivity index (χ2v) is 7.98. The first-order valence-corrected chi connectivity index (χ1v) is 10.2. The van der Waals surface area contributed by atoms with Crippen LogP contribution in [0.25, 0.3) is 21.6 Å². The topological polar surface area (TPSA) is 75.6 Å². The molecule has 1 amide bonds. The van der Waals surface area contributed by atoms with E-state index < -0.39 is 0 Å². The third-order valence-electron chi connectivity index (χ3n) is 4.37. The number of nitrogens with zero attached hydrogens (tertiary/aromatic N) is 3. The van der Waals surface area contributed by atoms with E-state index in [9.17, 15) is 4.79 Å². The Morgan fingerprint density at radius 2 is 2.11 bits per heavy atom. The van der Waals surface area contributed by atoms with Gasteiger partial charge in [0.15, 0.2) is 10.6 Å². The van der Waals surface area contributed by atoms with Crippen molar-refractivity contribution in [3.8, 4) is 11.4 Å². The first-order valence-electron chi connectivity index (χ1n) is 8.93. The molecule has 2 aromatic heterocycles. The van der Waals surface area contributed by atoms with Crippen LogP contribution in [0.15, 0.2) is 48.5 Å². The van der Waals surface area contributed by atoms with E-state index in [1.54, 1.807) is 11.3 Å². The molecule has 0 spiro atoms. The number of benzene rings is 2. The molecule has 0 fully saturated rings. The number of amides is 1. The van der Waals surface area contributed by atoms with Crippen molar-refractivity contribution < 1.29 is 4.79 Å². The molecule has 4 rings (SSSR count). The summed E-state index contributed by atoms with van der Waals surface area (Å²) in [6.45, 7) is 2.93. The highest BCUT2D eigenvalue weighted by atomic mass is 32.1. The lowest BCUT2D eigenvalue weighted by Gasteiger charge is -2.08. The standard InChI is InChI=1S/C20H19N5OS2/c1-13-5-4-6-14(11-13)19-23-24-20(27)25(19)10-9-17(26)21-12-18-22-15-7-2-3-8-16(15)28-18/h2-8,11H,9-10,12H2,1H3,(H,21,26)(H,24,27). The predicted molar refractivity (Wildman–Crippen MR) is 114 cm³/mol. The van der Waals surface area contributed by atoms with Gasteiger partial charge in [0.1, 0.15) is 5.01 Å². The number of H-pyrrole nitrogens is 1. The monoisotopic (exact) mass is 409 g/mol. The Balaban J connectivity index is 1.40. The van der Waals surface area contributed by atoms with E-state index in [0.717, 1.165) is 32.2 Å². The van der Waals surface area contributed by atoms with Gasteiger partial charge in [-0.15, -0.1) is 11.3 Å². The summed E-state index contributed by atoms with van der Waals surface area (Å²) in [5, 5.41) is 11.0. The fraction of sp³-hybridized carbons (Fsp3) is 0.200. The third kappa shape index (κ3) is 4.02. The molecule has 0 saturated heterocycles. The summed E-state index contributed by atoms with van der Waals surface area (Å²) >= 11 is 6.94. The van der Waals surface area contributed by atoms with Crippen LogP contribution in [0.5, 0.6) is 0 Å². The van der Waals surface area contributed by atoms with Gasteiger partial charge in [-0.2, -0.15) is 5.10 Å². The number of thiazole rings is 1. The SMILES string of the molecule is Cc1cccc(-c2n[nH]c(=S)n2CCC(=O)NCc2nc3ccccc3s2)c1. The van der Waals surface area contributed by atoms with Crippen LogP contribution in [0.1, 0.15) is 17.0 Å². The minimum Gasteiger partial charge on any atom is -0.350 e. The van der Waals surface area contributed by atoms with Crippen LogP contribution >= 0.6 is 23.6 Å². The molecule has 0 atom stereocenters. The van der Waals surface area contributed by atoms with Crippen molar-refractivity contribution in [2.24, 2.45) is 0 Å². The van der Waals surface area contributed by atoms with Gasteiger partial charge in [0.2, 0.25) is 5.91 Å². The summed E-state index contributed by atoms with van der Waals surface area (Å²) in [5.41, 5.74) is 3.08. The largest absolute Gasteiger partial charge is 0.350 e. The zero-order valence-corrected chi connectivity index (χ0v) is 16.9. The summed E-state index contributed by atoms with van der Waals surface area (Å²) in [4.78, 5) is 16.9. The lowest BCUT2D eigenvalue weighted by molar-refractivity contribution is -0.121. The molecule has 0 radical (unpaired) electrons. The molecule has 8 heteroatoms. The predicted octanol–water partition coefficient (Wildman–Crippen LogP) is 4.23. The molecule has 4 aromatic rings. The third-order valence-corrected chi connectivity index (χ3v) is 5.72. The maximum absolute atomic E-state index is 12.3. The van der Waals surface area contributed by atoms with Crippen LogP contribution in [0.2, 0.25) is 0 Å². The summed E-state index contributed by atoms with van der Waals surface area (Å²) < 4.78 is 3.50. The molecule has 28 heavy (non-hydrogen) atoms. The van der Waals surface area contributed by atoms with Crippen LogP contribution in [0.3, 0.4) is 0 Å². The van der Waals surface area contributed by atoms with Gasteiger partial charge in [-0.3, -0.25) is 14.5 Å². The average Bonchev–Trinajstić information content (AvgIpc) is 3.27. The molecule has 2 N–H and O–H groups in total. The highest BCUT2D eigenvalue weighted by Crippen LogP contribution is 2.21. The lowest BCUT2D eigenvalue weighted by atomic mass is 10.1. The summed E-state index contributed by atoms with van der Waals surface area (Å²) in [5.74, 6) is 0.699. The minimum atomic E-state index is -0.0439. The Bertz CT molecular complexity index is 1160. The Hall–Kier alpha value is -2.84. The van der Waals surface area contributed by atoms with Gasteiger partial charge in [0.25, 0.3) is 0 Å². The number of hydrogen-bond acceptors (Lipinski definition) is 5. The fourth-order valence-corrected chi connectivity index (χ4v) is 4.13. The number of rotatable bonds is 6. The quantitative estimate of drug-likeness (QED) is 0.467. The Morgan fingerprint density at radius 3 is 2.93 bits per heavy atom. The minimum absolute atomic E-state index is 0.0439. The maximum Gasteiger partial charge on any atom is 0.222 e. The van der Waals surface area contributed by atoms with Crippen molar-refractivity contribution in [3.05, 3.63) is 63.9 Å². The van der Waals surface area contributed by atoms with E-state index in [-0.39, 0.29) is 5.91 Å². The number of para-hydroxylation sites is 1. The number of aryl methyl sites for hydroxylation is 1. The number of aromatic nitrogens is 4. The van der Waals surface area contributed by atoms with Crippen molar-refractivity contribution >= 4 is 39.7 Å². The fourth-order valence-electron chi connectivity index (χ4n) is 3.00. The summed E-state index contributed by atoms with van der Waals surface area (Å²) in [7, 11) is 0. The normalized spacial score (nSPS) is 11.0. The molecule has 0 unspecified atom stereocenters. The van der Waals surface area contributed by atoms with E-state index in [1.165, 1.54) is 0 Å². The summed E-state index contributed by atoms with van der Waals surface area (Å²) in [6, 6.07) is 16.0. The van der Waals surface area contributed by atoms with Crippen LogP contribution in [0, 0.1) is 11.7 Å². The van der Waals surface area contributed by atoms with E-state index in [4.69, 9.17) is 12.2 Å². The number of aromatic amines is 1. The summed E-state index contributed by atoms with van der Waals surface area (Å²) in [6.07, 6.45) is 0.317. The molecule has 6 nitrogen and oxygen atoms in total. The van der Waals surface area contributed by atoms with Crippen molar-refractivity contribution in [2.75, 3.05) is 0 Å². The number of nitrogens with one attached hydrogen (secondary N) is 2. The second kappa shape index (κ2) is 8.04. The number of carbonyl (C=O) groups excluding carboxylic acids is 1. The maximum atomic E-state index is 12.3. The highest BCUT2D eigenvalue weighted by molar-refractivity contribution is 7.71. The van der Waals surface area contributed by atoms with Crippen molar-refractivity contribution in [1.82, 2.24) is 25.1 Å². The van der Waals surface area contributed by atoms with Gasteiger partial charge in [-0.25, -0.2) is 4.98 Å². The van der Waals surface area contributed by atoms with Crippen LogP contribution < -0.4 is 5.32 Å². The van der Waals surface area contributed by atoms with E-state index >= 15 is 0 Å². The second-order valence-electron chi connectivity index (χ2n) is 6.48. The van der Waals surface area contributed by atoms with Crippen molar-refractivity contribution in [1.29, 1.82) is 0 Å². The smallest absolute Gasteiger partial charge is 0.222 e. The molecule has 0 bridgehead atoms. The van der Waals surface area contributed by atoms with Gasteiger partial charge in [-0.1, -0.05) is 35.9 Å². The molecular formula is C20H19N5OS2. The molecule has 2 heterocycles. The Kier molecular flexibility index (Phi) is 5.31.